The molecule has 0 saturated heterocycles. The topological polar surface area (TPSA) is 92.5 Å². The number of hydrogen-bond donors (Lipinski definition) is 2. The number of carbonyl (C=O) groups is 2. The number of primary amides is 1. The van der Waals surface area contributed by atoms with Crippen LogP contribution in [0.15, 0.2) is 10.6 Å². The normalized spacial score (nSPS) is 29.5. The van der Waals surface area contributed by atoms with E-state index < -0.39 is 28.8 Å². The van der Waals surface area contributed by atoms with Crippen LogP contribution in [-0.4, -0.2) is 18.7 Å². The van der Waals surface area contributed by atoms with Crippen LogP contribution in [-0.2, 0) is 15.8 Å². The molecule has 3 N–H and O–H groups in total. The molecular formula is C9H12IN3O3S. The van der Waals surface area contributed by atoms with Crippen molar-refractivity contribution in [2.75, 3.05) is 0 Å². The highest BCUT2D eigenvalue weighted by atomic mass is 127. The summed E-state index contributed by atoms with van der Waals surface area (Å²) in [4.78, 5) is 23.6. The molecule has 1 heterocycles. The lowest BCUT2D eigenvalue weighted by atomic mass is 10.00. The van der Waals surface area contributed by atoms with Crippen molar-refractivity contribution in [2.45, 2.75) is 25.7 Å². The Balaban J connectivity index is 2.45. The zero-order valence-corrected chi connectivity index (χ0v) is 11.9. The molecule has 0 bridgehead atoms. The van der Waals surface area contributed by atoms with E-state index in [0.29, 0.717) is 23.4 Å². The van der Waals surface area contributed by atoms with Crippen LogP contribution in [0.1, 0.15) is 25.7 Å². The molecule has 0 aromatic rings. The fourth-order valence-corrected chi connectivity index (χ4v) is 3.99. The lowest BCUT2D eigenvalue weighted by molar-refractivity contribution is -0.121. The first-order valence-corrected chi connectivity index (χ1v) is 7.30. The molecular weight excluding hydrogens is 357 g/mol. The summed E-state index contributed by atoms with van der Waals surface area (Å²) in [5.74, 6) is -0.996. The zero-order chi connectivity index (χ0) is 12.6. The summed E-state index contributed by atoms with van der Waals surface area (Å²) in [5.41, 5.74) is 5.79. The van der Waals surface area contributed by atoms with Crippen LogP contribution in [0.25, 0.3) is 0 Å². The Labute approximate surface area is 115 Å². The molecule has 3 amide bonds. The SMILES string of the molecule is NC(=O)C1CCCCC2=C1NC(=O)N(I)S2=O. The van der Waals surface area contributed by atoms with E-state index in [2.05, 4.69) is 5.32 Å². The van der Waals surface area contributed by atoms with Gasteiger partial charge in [0.1, 0.15) is 0 Å². The fraction of sp³-hybridized carbons (Fsp3) is 0.556. The van der Waals surface area contributed by atoms with Crippen molar-refractivity contribution in [3.05, 3.63) is 10.6 Å². The lowest BCUT2D eigenvalue weighted by Gasteiger charge is -2.27. The molecule has 17 heavy (non-hydrogen) atoms. The average Bonchev–Trinajstić information content (AvgIpc) is 2.48. The van der Waals surface area contributed by atoms with Gasteiger partial charge >= 0.3 is 6.03 Å². The Morgan fingerprint density at radius 2 is 2.24 bits per heavy atom. The minimum atomic E-state index is -1.50. The summed E-state index contributed by atoms with van der Waals surface area (Å²) >= 11 is 1.71. The maximum Gasteiger partial charge on any atom is 0.343 e. The number of amides is 3. The molecule has 1 aliphatic carbocycles. The van der Waals surface area contributed by atoms with Gasteiger partial charge in [-0.15, -0.1) is 0 Å². The molecule has 0 spiro atoms. The van der Waals surface area contributed by atoms with E-state index in [1.807, 2.05) is 0 Å². The van der Waals surface area contributed by atoms with Gasteiger partial charge in [-0.3, -0.25) is 4.79 Å². The van der Waals surface area contributed by atoms with Crippen molar-refractivity contribution in [1.29, 1.82) is 0 Å². The van der Waals surface area contributed by atoms with Gasteiger partial charge in [0.2, 0.25) is 5.91 Å². The predicted molar refractivity (Wildman–Crippen MR) is 70.7 cm³/mol. The van der Waals surface area contributed by atoms with Crippen LogP contribution in [0.4, 0.5) is 4.79 Å². The maximum absolute atomic E-state index is 12.0. The number of rotatable bonds is 1. The molecule has 2 atom stereocenters. The molecule has 0 aromatic carbocycles. The molecule has 2 aliphatic rings. The van der Waals surface area contributed by atoms with Gasteiger partial charge in [-0.1, -0.05) is 6.42 Å². The van der Waals surface area contributed by atoms with Crippen LogP contribution < -0.4 is 11.1 Å². The Kier molecular flexibility index (Phi) is 3.71. The van der Waals surface area contributed by atoms with Crippen molar-refractivity contribution in [1.82, 2.24) is 7.84 Å². The van der Waals surface area contributed by atoms with Gasteiger partial charge in [-0.25, -0.2) is 9.00 Å². The first-order valence-electron chi connectivity index (χ1n) is 5.23. The van der Waals surface area contributed by atoms with Gasteiger partial charge in [0.05, 0.1) is 33.7 Å². The zero-order valence-electron chi connectivity index (χ0n) is 8.94. The predicted octanol–water partition coefficient (Wildman–Crippen LogP) is 0.912. The van der Waals surface area contributed by atoms with Crippen molar-refractivity contribution < 1.29 is 13.8 Å². The number of urea groups is 1. The second-order valence-corrected chi connectivity index (χ2v) is 6.94. The van der Waals surface area contributed by atoms with E-state index in [0.717, 1.165) is 15.4 Å². The van der Waals surface area contributed by atoms with Crippen LogP contribution in [0.2, 0.25) is 0 Å². The Hall–Kier alpha value is -0.640. The van der Waals surface area contributed by atoms with E-state index >= 15 is 0 Å². The van der Waals surface area contributed by atoms with Crippen molar-refractivity contribution in [3.8, 4) is 0 Å². The Bertz CT molecular complexity index is 437. The second-order valence-electron chi connectivity index (χ2n) is 3.96. The molecule has 0 fully saturated rings. The van der Waals surface area contributed by atoms with E-state index in [9.17, 15) is 13.8 Å². The minimum Gasteiger partial charge on any atom is -0.369 e. The standard InChI is InChI=1S/C9H12IN3O3S/c10-13-9(15)12-7-5(8(11)14)3-1-2-4-6(7)17(13)16/h5H,1-4H2,(H2,11,14)(H,12,15). The monoisotopic (exact) mass is 369 g/mol. The highest BCUT2D eigenvalue weighted by Crippen LogP contribution is 2.33. The lowest BCUT2D eigenvalue weighted by Crippen LogP contribution is -2.44. The van der Waals surface area contributed by atoms with Gasteiger partial charge in [0, 0.05) is 5.70 Å². The fourth-order valence-electron chi connectivity index (χ4n) is 2.06. The Morgan fingerprint density at radius 3 is 2.88 bits per heavy atom. The first kappa shape index (κ1) is 12.8. The van der Waals surface area contributed by atoms with Crippen LogP contribution in [0.3, 0.4) is 0 Å². The highest BCUT2D eigenvalue weighted by Gasteiger charge is 2.36. The van der Waals surface area contributed by atoms with E-state index in [1.165, 1.54) is 0 Å². The molecule has 2 unspecified atom stereocenters. The summed E-state index contributed by atoms with van der Waals surface area (Å²) in [6.45, 7) is 0. The van der Waals surface area contributed by atoms with Crippen LogP contribution >= 0.6 is 22.9 Å². The molecule has 0 aromatic heterocycles. The van der Waals surface area contributed by atoms with Crippen molar-refractivity contribution >= 4 is 45.8 Å². The minimum absolute atomic E-state index is 0.462. The molecule has 1 aliphatic heterocycles. The van der Waals surface area contributed by atoms with E-state index in [4.69, 9.17) is 5.73 Å². The largest absolute Gasteiger partial charge is 0.369 e. The Morgan fingerprint density at radius 1 is 1.53 bits per heavy atom. The molecule has 2 rings (SSSR count). The molecule has 94 valence electrons. The quantitative estimate of drug-likeness (QED) is 0.532. The maximum atomic E-state index is 12.0. The van der Waals surface area contributed by atoms with Gasteiger partial charge < -0.3 is 11.1 Å². The molecule has 6 nitrogen and oxygen atoms in total. The number of halogens is 1. The van der Waals surface area contributed by atoms with Gasteiger partial charge in [-0.2, -0.15) is 2.52 Å². The summed E-state index contributed by atoms with van der Waals surface area (Å²) in [6.07, 6.45) is 2.93. The summed E-state index contributed by atoms with van der Waals surface area (Å²) in [6, 6.07) is -0.462. The number of hydrogen-bond acceptors (Lipinski definition) is 3. The number of carbonyl (C=O) groups excluding carboxylic acids is 2. The van der Waals surface area contributed by atoms with E-state index in [1.54, 1.807) is 22.9 Å². The third kappa shape index (κ3) is 2.32. The van der Waals surface area contributed by atoms with Crippen molar-refractivity contribution in [3.63, 3.8) is 0 Å². The summed E-state index contributed by atoms with van der Waals surface area (Å²) < 4.78 is 13.2. The number of nitrogens with one attached hydrogen (secondary N) is 1. The van der Waals surface area contributed by atoms with Crippen LogP contribution in [0.5, 0.6) is 0 Å². The van der Waals surface area contributed by atoms with Gasteiger partial charge in [-0.05, 0) is 19.3 Å². The van der Waals surface area contributed by atoms with Gasteiger partial charge in [0.25, 0.3) is 0 Å². The van der Waals surface area contributed by atoms with Crippen molar-refractivity contribution in [2.24, 2.45) is 11.7 Å². The van der Waals surface area contributed by atoms with E-state index in [-0.39, 0.29) is 0 Å². The average molecular weight is 369 g/mol. The number of nitrogens with zero attached hydrogens (tertiary/aromatic N) is 1. The molecule has 0 radical (unpaired) electrons. The van der Waals surface area contributed by atoms with Gasteiger partial charge in [0.15, 0.2) is 11.0 Å². The first-order chi connectivity index (χ1) is 8.02. The smallest absolute Gasteiger partial charge is 0.343 e. The second kappa shape index (κ2) is 4.92. The highest BCUT2D eigenvalue weighted by molar-refractivity contribution is 14.1. The number of nitrogens with two attached hydrogens (primary N) is 1. The summed E-state index contributed by atoms with van der Waals surface area (Å²) in [7, 11) is -1.50. The summed E-state index contributed by atoms with van der Waals surface area (Å²) in [5, 5.41) is 2.64. The third-order valence-corrected chi connectivity index (χ3v) is 5.71. The molecule has 0 saturated carbocycles. The molecule has 8 heteroatoms. The third-order valence-electron chi connectivity index (χ3n) is 2.90. The number of allylic oxidation sites excluding steroid dienone is 1. The van der Waals surface area contributed by atoms with Crippen LogP contribution in [0, 0.1) is 5.92 Å².